The van der Waals surface area contributed by atoms with E-state index < -0.39 is 15.9 Å². The second-order valence-corrected chi connectivity index (χ2v) is 9.54. The Hall–Kier alpha value is -1.13. The minimum atomic E-state index is -3.74. The molecule has 0 unspecified atom stereocenters. The molecule has 0 bridgehead atoms. The lowest BCUT2D eigenvalue weighted by Crippen LogP contribution is -2.40. The molecule has 2 aromatic rings. The molecule has 1 N–H and O–H groups in total. The Morgan fingerprint density at radius 3 is 2.41 bits per heavy atom. The van der Waals surface area contributed by atoms with Gasteiger partial charge in [-0.1, -0.05) is 52.5 Å². The van der Waals surface area contributed by atoms with Crippen LogP contribution in [0.3, 0.4) is 0 Å². The van der Waals surface area contributed by atoms with Crippen molar-refractivity contribution in [2.45, 2.75) is 11.8 Å². The number of hydrogen-bond acceptors (Lipinski definition) is 5. The number of sulfonamides is 1. The van der Waals surface area contributed by atoms with Gasteiger partial charge in [0.05, 0.1) is 33.2 Å². The van der Waals surface area contributed by atoms with Gasteiger partial charge in [-0.25, -0.2) is 13.4 Å². The molecule has 0 spiro atoms. The molecule has 0 atom stereocenters. The molecule has 3 rings (SSSR count). The standard InChI is InChI=1S/C17H15Cl4N3O4S/c1-9-2-3-10(8-11(9)29(26,27)24-4-6-28-7-5-24)22-17(25)15-13(19)12(18)14(20)16(21)23-15/h2-3,8H,4-7H2,1H3,(H,22,25). The first kappa shape index (κ1) is 22.6. The number of halogens is 4. The third-order valence-electron chi connectivity index (χ3n) is 4.23. The molecule has 2 heterocycles. The highest BCUT2D eigenvalue weighted by atomic mass is 35.5. The fourth-order valence-electron chi connectivity index (χ4n) is 2.71. The molecule has 1 fully saturated rings. The predicted octanol–water partition coefficient (Wildman–Crippen LogP) is 4.28. The number of anilines is 1. The van der Waals surface area contributed by atoms with E-state index in [2.05, 4.69) is 10.3 Å². The summed E-state index contributed by atoms with van der Waals surface area (Å²) in [5.41, 5.74) is 0.556. The van der Waals surface area contributed by atoms with Crippen molar-refractivity contribution in [3.8, 4) is 0 Å². The molecule has 0 radical (unpaired) electrons. The van der Waals surface area contributed by atoms with Crippen LogP contribution in [0.25, 0.3) is 0 Å². The van der Waals surface area contributed by atoms with Gasteiger partial charge in [0.2, 0.25) is 10.0 Å². The number of amides is 1. The molecule has 1 saturated heterocycles. The maximum absolute atomic E-state index is 13.0. The van der Waals surface area contributed by atoms with Crippen LogP contribution >= 0.6 is 46.4 Å². The Labute approximate surface area is 187 Å². The van der Waals surface area contributed by atoms with Crippen molar-refractivity contribution in [3.05, 3.63) is 49.7 Å². The van der Waals surface area contributed by atoms with Crippen LogP contribution in [0.2, 0.25) is 20.2 Å². The highest BCUT2D eigenvalue weighted by Crippen LogP contribution is 2.36. The minimum Gasteiger partial charge on any atom is -0.379 e. The van der Waals surface area contributed by atoms with Crippen molar-refractivity contribution in [2.75, 3.05) is 31.6 Å². The number of benzene rings is 1. The number of nitrogens with zero attached hydrogens (tertiary/aromatic N) is 2. The van der Waals surface area contributed by atoms with Crippen molar-refractivity contribution in [3.63, 3.8) is 0 Å². The Morgan fingerprint density at radius 1 is 1.10 bits per heavy atom. The van der Waals surface area contributed by atoms with Gasteiger partial charge >= 0.3 is 0 Å². The van der Waals surface area contributed by atoms with Gasteiger partial charge in [-0.3, -0.25) is 4.79 Å². The number of aromatic nitrogens is 1. The smallest absolute Gasteiger partial charge is 0.275 e. The molecular weight excluding hydrogens is 484 g/mol. The normalized spacial score (nSPS) is 15.3. The first-order valence-corrected chi connectivity index (χ1v) is 11.3. The van der Waals surface area contributed by atoms with E-state index in [1.807, 2.05) is 0 Å². The zero-order valence-corrected chi connectivity index (χ0v) is 18.8. The molecule has 29 heavy (non-hydrogen) atoms. The number of carbonyl (C=O) groups is 1. The van der Waals surface area contributed by atoms with E-state index in [9.17, 15) is 13.2 Å². The molecule has 7 nitrogen and oxygen atoms in total. The summed E-state index contributed by atoms with van der Waals surface area (Å²) in [6.07, 6.45) is 0. The molecule has 0 aliphatic carbocycles. The lowest BCUT2D eigenvalue weighted by atomic mass is 10.2. The SMILES string of the molecule is Cc1ccc(NC(=O)c2nc(Cl)c(Cl)c(Cl)c2Cl)cc1S(=O)(=O)N1CCOCC1. The van der Waals surface area contributed by atoms with E-state index in [0.717, 1.165) is 0 Å². The lowest BCUT2D eigenvalue weighted by molar-refractivity contribution is 0.0730. The van der Waals surface area contributed by atoms with Crippen LogP contribution in [-0.4, -0.2) is 49.9 Å². The Kier molecular flexibility index (Phi) is 6.95. The summed E-state index contributed by atoms with van der Waals surface area (Å²) in [6.45, 7) is 2.86. The molecule has 1 aromatic carbocycles. The van der Waals surface area contributed by atoms with Crippen LogP contribution in [0, 0.1) is 6.92 Å². The maximum atomic E-state index is 13.0. The largest absolute Gasteiger partial charge is 0.379 e. The second-order valence-electron chi connectivity index (χ2n) is 6.14. The first-order chi connectivity index (χ1) is 13.6. The van der Waals surface area contributed by atoms with Crippen LogP contribution < -0.4 is 5.32 Å². The second kappa shape index (κ2) is 8.93. The lowest BCUT2D eigenvalue weighted by Gasteiger charge is -2.26. The van der Waals surface area contributed by atoms with E-state index in [1.54, 1.807) is 19.1 Å². The average molecular weight is 499 g/mol. The van der Waals surface area contributed by atoms with Gasteiger partial charge in [0.25, 0.3) is 5.91 Å². The van der Waals surface area contributed by atoms with Gasteiger partial charge in [-0.05, 0) is 24.6 Å². The van der Waals surface area contributed by atoms with Gasteiger partial charge in [-0.2, -0.15) is 4.31 Å². The number of rotatable bonds is 4. The summed E-state index contributed by atoms with van der Waals surface area (Å²) in [6, 6.07) is 4.55. The molecule has 1 amide bonds. The predicted molar refractivity (Wildman–Crippen MR) is 113 cm³/mol. The zero-order valence-electron chi connectivity index (χ0n) is 15.0. The van der Waals surface area contributed by atoms with Crippen molar-refractivity contribution in [2.24, 2.45) is 0 Å². The highest BCUT2D eigenvalue weighted by Gasteiger charge is 2.28. The third kappa shape index (κ3) is 4.64. The number of nitrogens with one attached hydrogen (secondary N) is 1. The molecule has 1 aliphatic rings. The quantitative estimate of drug-likeness (QED) is 0.635. The van der Waals surface area contributed by atoms with Gasteiger partial charge in [0.1, 0.15) is 10.8 Å². The van der Waals surface area contributed by atoms with Crippen molar-refractivity contribution < 1.29 is 17.9 Å². The number of carbonyl (C=O) groups excluding carboxylic acids is 1. The van der Waals surface area contributed by atoms with Crippen LogP contribution in [0.1, 0.15) is 16.1 Å². The number of morpholine rings is 1. The van der Waals surface area contributed by atoms with E-state index >= 15 is 0 Å². The topological polar surface area (TPSA) is 88.6 Å². The van der Waals surface area contributed by atoms with Gasteiger partial charge < -0.3 is 10.1 Å². The Balaban J connectivity index is 1.92. The summed E-state index contributed by atoms with van der Waals surface area (Å²) in [5.74, 6) is -0.714. The molecule has 1 aliphatic heterocycles. The molecule has 12 heteroatoms. The average Bonchev–Trinajstić information content (AvgIpc) is 2.71. The van der Waals surface area contributed by atoms with Crippen LogP contribution in [-0.2, 0) is 14.8 Å². The monoisotopic (exact) mass is 497 g/mol. The van der Waals surface area contributed by atoms with Crippen LogP contribution in [0.5, 0.6) is 0 Å². The van der Waals surface area contributed by atoms with Crippen LogP contribution in [0.15, 0.2) is 23.1 Å². The van der Waals surface area contributed by atoms with E-state index in [0.29, 0.717) is 18.8 Å². The summed E-state index contributed by atoms with van der Waals surface area (Å²) < 4.78 is 32.5. The highest BCUT2D eigenvalue weighted by molar-refractivity contribution is 7.89. The number of aryl methyl sites for hydroxylation is 1. The van der Waals surface area contributed by atoms with Crippen LogP contribution in [0.4, 0.5) is 5.69 Å². The number of pyridine rings is 1. The molecule has 156 valence electrons. The fraction of sp³-hybridized carbons (Fsp3) is 0.294. The third-order valence-corrected chi connectivity index (χ3v) is 7.95. The van der Waals surface area contributed by atoms with E-state index in [4.69, 9.17) is 51.1 Å². The summed E-state index contributed by atoms with van der Waals surface area (Å²) >= 11 is 23.7. The van der Waals surface area contributed by atoms with E-state index in [-0.39, 0.29) is 49.6 Å². The zero-order chi connectivity index (χ0) is 21.3. The van der Waals surface area contributed by atoms with Crippen molar-refractivity contribution >= 4 is 68.0 Å². The summed E-state index contributed by atoms with van der Waals surface area (Å²) in [4.78, 5) is 16.5. The summed E-state index contributed by atoms with van der Waals surface area (Å²) in [5, 5.41) is 2.06. The van der Waals surface area contributed by atoms with Crippen molar-refractivity contribution in [1.82, 2.24) is 9.29 Å². The molecular formula is C17H15Cl4N3O4S. The van der Waals surface area contributed by atoms with Gasteiger partial charge in [0, 0.05) is 18.8 Å². The molecule has 1 aromatic heterocycles. The Bertz CT molecular complexity index is 1070. The molecule has 0 saturated carbocycles. The maximum Gasteiger partial charge on any atom is 0.275 e. The first-order valence-electron chi connectivity index (χ1n) is 8.33. The fourth-order valence-corrected chi connectivity index (χ4v) is 5.18. The Morgan fingerprint density at radius 2 is 1.76 bits per heavy atom. The number of hydrogen-bond donors (Lipinski definition) is 1. The minimum absolute atomic E-state index is 0.0656. The van der Waals surface area contributed by atoms with E-state index in [1.165, 1.54) is 10.4 Å². The van der Waals surface area contributed by atoms with Gasteiger partial charge in [-0.15, -0.1) is 0 Å². The van der Waals surface area contributed by atoms with Gasteiger partial charge in [0.15, 0.2) is 0 Å². The number of ether oxygens (including phenoxy) is 1. The summed E-state index contributed by atoms with van der Waals surface area (Å²) in [7, 11) is -3.74. The van der Waals surface area contributed by atoms with Crippen molar-refractivity contribution in [1.29, 1.82) is 0 Å².